The van der Waals surface area contributed by atoms with E-state index >= 15 is 0 Å². The predicted molar refractivity (Wildman–Crippen MR) is 209 cm³/mol. The maximum absolute atomic E-state index is 6.20. The van der Waals surface area contributed by atoms with E-state index in [1.165, 1.54) is 27.3 Å². The van der Waals surface area contributed by atoms with Crippen LogP contribution in [-0.4, -0.2) is 10.8 Å². The Kier molecular flexibility index (Phi) is 6.96. The van der Waals surface area contributed by atoms with Gasteiger partial charge in [-0.1, -0.05) is 146 Å². The van der Waals surface area contributed by atoms with Crippen molar-refractivity contribution in [2.45, 2.75) is 12.3 Å². The summed E-state index contributed by atoms with van der Waals surface area (Å²) in [6.45, 7) is 0. The molecule has 5 heteroatoms. The Labute approximate surface area is 294 Å². The largest absolute Gasteiger partial charge is 0.456 e. The van der Waals surface area contributed by atoms with Crippen LogP contribution in [0.4, 0.5) is 0 Å². The Morgan fingerprint density at radius 2 is 1.20 bits per heavy atom. The zero-order valence-electron chi connectivity index (χ0n) is 27.6. The third-order valence-corrected chi connectivity index (χ3v) is 10.0. The maximum Gasteiger partial charge on any atom is 0.139 e. The molecular weight excluding hydrogens is 625 g/mol. The zero-order chi connectivity index (χ0) is 33.7. The fraction of sp³-hybridized carbons (Fsp3) is 0.0435. The van der Waals surface area contributed by atoms with Gasteiger partial charge in [-0.25, -0.2) is 4.99 Å². The first-order valence-electron chi connectivity index (χ1n) is 17.3. The summed E-state index contributed by atoms with van der Waals surface area (Å²) in [4.78, 5) is 10.1. The standard InChI is InChI=1S/C46H32N4O/c1-2-11-31(12-3-1)44-48-45(50-46(49-44)34-23-18-29-10-4-5-13-33(29)28-34)32-21-19-30(20-22-32)35-24-25-38(37-15-7-6-14-36(35)37)43-42-39-16-8-9-17-40(39)51-41(42)26-27-47-43/h1-28,44,46,49H,(H,48,50). The third kappa shape index (κ3) is 5.14. The summed E-state index contributed by atoms with van der Waals surface area (Å²) in [5.74, 6) is 0.860. The highest BCUT2D eigenvalue weighted by molar-refractivity contribution is 6.15. The number of pyridine rings is 1. The number of para-hydroxylation sites is 1. The van der Waals surface area contributed by atoms with Crippen LogP contribution in [0.2, 0.25) is 0 Å². The van der Waals surface area contributed by atoms with Gasteiger partial charge < -0.3 is 9.73 Å². The number of aliphatic imine (C=N–C) groups is 1. The van der Waals surface area contributed by atoms with Crippen molar-refractivity contribution in [1.82, 2.24) is 15.6 Å². The summed E-state index contributed by atoms with van der Waals surface area (Å²) < 4.78 is 6.20. The van der Waals surface area contributed by atoms with Crippen molar-refractivity contribution in [3.8, 4) is 22.4 Å². The summed E-state index contributed by atoms with van der Waals surface area (Å²) in [5, 5.41) is 14.3. The molecule has 0 saturated heterocycles. The Hall–Kier alpha value is -6.56. The number of rotatable bonds is 5. The van der Waals surface area contributed by atoms with E-state index in [9.17, 15) is 0 Å². The molecule has 2 N–H and O–H groups in total. The molecule has 0 aliphatic carbocycles. The summed E-state index contributed by atoms with van der Waals surface area (Å²) in [6, 6.07) is 57.5. The molecule has 7 aromatic carbocycles. The smallest absolute Gasteiger partial charge is 0.139 e. The van der Waals surface area contributed by atoms with E-state index in [-0.39, 0.29) is 12.3 Å². The van der Waals surface area contributed by atoms with E-state index in [1.807, 2.05) is 30.5 Å². The van der Waals surface area contributed by atoms with Crippen LogP contribution in [0.3, 0.4) is 0 Å². The highest BCUT2D eigenvalue weighted by atomic mass is 16.3. The van der Waals surface area contributed by atoms with Gasteiger partial charge in [-0.05, 0) is 62.0 Å². The first-order valence-corrected chi connectivity index (χ1v) is 17.3. The molecule has 0 bridgehead atoms. The predicted octanol–water partition coefficient (Wildman–Crippen LogP) is 11.0. The number of fused-ring (bicyclic) bond motifs is 5. The maximum atomic E-state index is 6.20. The van der Waals surface area contributed by atoms with Crippen LogP contribution in [0, 0.1) is 0 Å². The van der Waals surface area contributed by atoms with Crippen molar-refractivity contribution in [2.24, 2.45) is 4.99 Å². The van der Waals surface area contributed by atoms with Gasteiger partial charge in [0.05, 0.1) is 11.1 Å². The molecule has 2 atom stereocenters. The van der Waals surface area contributed by atoms with Crippen LogP contribution in [0.1, 0.15) is 29.0 Å². The Morgan fingerprint density at radius 1 is 0.510 bits per heavy atom. The van der Waals surface area contributed by atoms with Gasteiger partial charge >= 0.3 is 0 Å². The van der Waals surface area contributed by atoms with E-state index in [2.05, 4.69) is 150 Å². The van der Waals surface area contributed by atoms with E-state index < -0.39 is 0 Å². The van der Waals surface area contributed by atoms with Gasteiger partial charge in [0.1, 0.15) is 29.3 Å². The van der Waals surface area contributed by atoms with Gasteiger partial charge in [0.15, 0.2) is 0 Å². The molecule has 242 valence electrons. The van der Waals surface area contributed by atoms with Gasteiger partial charge in [-0.15, -0.1) is 0 Å². The van der Waals surface area contributed by atoms with Crippen molar-refractivity contribution < 1.29 is 4.42 Å². The molecule has 0 spiro atoms. The third-order valence-electron chi connectivity index (χ3n) is 10.0. The zero-order valence-corrected chi connectivity index (χ0v) is 27.6. The molecule has 10 rings (SSSR count). The summed E-state index contributed by atoms with van der Waals surface area (Å²) >= 11 is 0. The highest BCUT2D eigenvalue weighted by Crippen LogP contribution is 2.40. The van der Waals surface area contributed by atoms with Crippen LogP contribution >= 0.6 is 0 Å². The molecule has 2 aromatic heterocycles. The Bertz CT molecular complexity index is 2770. The summed E-state index contributed by atoms with van der Waals surface area (Å²) in [7, 11) is 0. The second kappa shape index (κ2) is 12.1. The normalized spacial score (nSPS) is 16.0. The molecule has 5 nitrogen and oxygen atoms in total. The number of benzene rings is 7. The number of amidine groups is 1. The minimum atomic E-state index is -0.194. The molecule has 2 unspecified atom stereocenters. The van der Waals surface area contributed by atoms with Crippen molar-refractivity contribution in [3.63, 3.8) is 0 Å². The lowest BCUT2D eigenvalue weighted by Crippen LogP contribution is -2.44. The molecule has 0 saturated carbocycles. The van der Waals surface area contributed by atoms with Gasteiger partial charge in [0.25, 0.3) is 0 Å². The fourth-order valence-corrected chi connectivity index (χ4v) is 7.51. The van der Waals surface area contributed by atoms with E-state index in [0.717, 1.165) is 61.1 Å². The van der Waals surface area contributed by atoms with E-state index in [0.29, 0.717) is 0 Å². The first-order chi connectivity index (χ1) is 25.3. The van der Waals surface area contributed by atoms with Crippen LogP contribution in [0.25, 0.3) is 65.9 Å². The van der Waals surface area contributed by atoms with Gasteiger partial charge in [0, 0.05) is 22.7 Å². The minimum Gasteiger partial charge on any atom is -0.456 e. The van der Waals surface area contributed by atoms with Crippen LogP contribution in [-0.2, 0) is 0 Å². The second-order valence-electron chi connectivity index (χ2n) is 13.1. The number of nitrogens with zero attached hydrogens (tertiary/aromatic N) is 2. The topological polar surface area (TPSA) is 62.5 Å². The average molecular weight is 657 g/mol. The summed E-state index contributed by atoms with van der Waals surface area (Å²) in [5.41, 5.74) is 9.37. The van der Waals surface area contributed by atoms with Gasteiger partial charge in [-0.3, -0.25) is 10.3 Å². The molecule has 3 heterocycles. The Morgan fingerprint density at radius 3 is 2.04 bits per heavy atom. The SMILES string of the molecule is c1ccc(C2N=C(c3ccc(-c4ccc(-c5nccc6oc7ccccc7c56)c5ccccc45)cc3)NC(c3ccc4ccccc4c3)N2)cc1. The molecule has 51 heavy (non-hydrogen) atoms. The van der Waals surface area contributed by atoms with Crippen molar-refractivity contribution in [3.05, 3.63) is 187 Å². The first kappa shape index (κ1) is 29.4. The van der Waals surface area contributed by atoms with Gasteiger partial charge in [0.2, 0.25) is 0 Å². The number of hydrogen-bond donors (Lipinski definition) is 2. The van der Waals surface area contributed by atoms with Gasteiger partial charge in [-0.2, -0.15) is 0 Å². The average Bonchev–Trinajstić information content (AvgIpc) is 3.60. The number of hydrogen-bond acceptors (Lipinski definition) is 5. The molecular formula is C46H32N4O. The van der Waals surface area contributed by atoms with Crippen LogP contribution in [0.15, 0.2) is 179 Å². The number of nitrogens with one attached hydrogen (secondary N) is 2. The minimum absolute atomic E-state index is 0.117. The Balaban J connectivity index is 1.03. The summed E-state index contributed by atoms with van der Waals surface area (Å²) in [6.07, 6.45) is 1.53. The molecule has 0 radical (unpaired) electrons. The van der Waals surface area contributed by atoms with E-state index in [1.54, 1.807) is 0 Å². The van der Waals surface area contributed by atoms with Crippen LogP contribution < -0.4 is 10.6 Å². The molecule has 1 aliphatic heterocycles. The molecule has 9 aromatic rings. The van der Waals surface area contributed by atoms with Crippen molar-refractivity contribution in [2.75, 3.05) is 0 Å². The molecule has 0 amide bonds. The van der Waals surface area contributed by atoms with Crippen LogP contribution in [0.5, 0.6) is 0 Å². The quantitative estimate of drug-likeness (QED) is 0.194. The monoisotopic (exact) mass is 656 g/mol. The van der Waals surface area contributed by atoms with Crippen molar-refractivity contribution in [1.29, 1.82) is 0 Å². The second-order valence-corrected chi connectivity index (χ2v) is 13.1. The lowest BCUT2D eigenvalue weighted by atomic mass is 9.92. The highest BCUT2D eigenvalue weighted by Gasteiger charge is 2.26. The number of furan rings is 1. The fourth-order valence-electron chi connectivity index (χ4n) is 7.51. The van der Waals surface area contributed by atoms with Crippen molar-refractivity contribution >= 4 is 49.3 Å². The van der Waals surface area contributed by atoms with E-state index in [4.69, 9.17) is 14.4 Å². The lowest BCUT2D eigenvalue weighted by molar-refractivity contribution is 0.409. The molecule has 0 fully saturated rings. The molecule has 1 aliphatic rings. The number of aromatic nitrogens is 1. The lowest BCUT2D eigenvalue weighted by Gasteiger charge is -2.32.